The van der Waals surface area contributed by atoms with E-state index >= 15 is 0 Å². The molecular weight excluding hydrogens is 236 g/mol. The van der Waals surface area contributed by atoms with Gasteiger partial charge in [0.1, 0.15) is 0 Å². The van der Waals surface area contributed by atoms with Crippen molar-refractivity contribution in [2.45, 2.75) is 51.3 Å². The van der Waals surface area contributed by atoms with E-state index in [0.717, 1.165) is 18.5 Å². The Balaban J connectivity index is 1.71. The molecule has 1 saturated carbocycles. The van der Waals surface area contributed by atoms with Crippen molar-refractivity contribution in [3.8, 4) is 0 Å². The predicted octanol–water partition coefficient (Wildman–Crippen LogP) is 2.66. The highest BCUT2D eigenvalue weighted by Crippen LogP contribution is 2.44. The number of rotatable bonds is 3. The van der Waals surface area contributed by atoms with Gasteiger partial charge in [-0.25, -0.2) is 0 Å². The van der Waals surface area contributed by atoms with Crippen LogP contribution in [-0.2, 0) is 11.2 Å². The zero-order chi connectivity index (χ0) is 13.6. The molecule has 0 bridgehead atoms. The van der Waals surface area contributed by atoms with E-state index in [2.05, 4.69) is 31.3 Å². The van der Waals surface area contributed by atoms with Crippen molar-refractivity contribution in [1.29, 1.82) is 0 Å². The van der Waals surface area contributed by atoms with Crippen molar-refractivity contribution >= 4 is 5.69 Å². The van der Waals surface area contributed by atoms with Crippen molar-refractivity contribution in [2.24, 2.45) is 5.41 Å². The molecule has 2 aliphatic rings. The monoisotopic (exact) mass is 260 g/mol. The van der Waals surface area contributed by atoms with Gasteiger partial charge in [-0.3, -0.25) is 0 Å². The zero-order valence-electron chi connectivity index (χ0n) is 12.1. The second kappa shape index (κ2) is 4.50. The first-order valence-corrected chi connectivity index (χ1v) is 7.19. The number of nitrogens with two attached hydrogens (primary N) is 1. The SMILES string of the molecule is COC1CC(NC2CCc3cc(N)ccc32)C1(C)C. The first kappa shape index (κ1) is 12.9. The minimum Gasteiger partial charge on any atom is -0.399 e. The van der Waals surface area contributed by atoms with E-state index in [1.807, 2.05) is 13.2 Å². The molecule has 0 aliphatic heterocycles. The lowest BCUT2D eigenvalue weighted by atomic mass is 9.64. The van der Waals surface area contributed by atoms with Crippen molar-refractivity contribution in [3.63, 3.8) is 0 Å². The van der Waals surface area contributed by atoms with Crippen molar-refractivity contribution in [1.82, 2.24) is 5.32 Å². The Kier molecular flexibility index (Phi) is 3.06. The average Bonchev–Trinajstić information content (AvgIpc) is 2.76. The van der Waals surface area contributed by atoms with E-state index in [9.17, 15) is 0 Å². The highest BCUT2D eigenvalue weighted by molar-refractivity contribution is 5.47. The molecular formula is C16H24N2O. The highest BCUT2D eigenvalue weighted by Gasteiger charge is 2.49. The summed E-state index contributed by atoms with van der Waals surface area (Å²) in [6.07, 6.45) is 3.82. The fourth-order valence-electron chi connectivity index (χ4n) is 3.62. The number of methoxy groups -OCH3 is 1. The third-order valence-electron chi connectivity index (χ3n) is 5.11. The molecule has 3 heteroatoms. The molecule has 0 radical (unpaired) electrons. The molecule has 1 aromatic carbocycles. The van der Waals surface area contributed by atoms with Crippen LogP contribution in [0.15, 0.2) is 18.2 Å². The van der Waals surface area contributed by atoms with Crippen molar-refractivity contribution in [3.05, 3.63) is 29.3 Å². The van der Waals surface area contributed by atoms with E-state index in [-0.39, 0.29) is 5.41 Å². The summed E-state index contributed by atoms with van der Waals surface area (Å²) in [7, 11) is 1.82. The van der Waals surface area contributed by atoms with Crippen LogP contribution in [0.5, 0.6) is 0 Å². The summed E-state index contributed by atoms with van der Waals surface area (Å²) < 4.78 is 5.52. The lowest BCUT2D eigenvalue weighted by Gasteiger charge is -2.52. The molecule has 3 N–H and O–H groups in total. The van der Waals surface area contributed by atoms with Gasteiger partial charge in [-0.1, -0.05) is 19.9 Å². The molecule has 3 nitrogen and oxygen atoms in total. The Labute approximate surface area is 115 Å². The molecule has 104 valence electrons. The maximum atomic E-state index is 5.86. The Morgan fingerprint density at radius 2 is 2.16 bits per heavy atom. The normalized spacial score (nSPS) is 31.8. The van der Waals surface area contributed by atoms with Crippen molar-refractivity contribution in [2.75, 3.05) is 12.8 Å². The van der Waals surface area contributed by atoms with Gasteiger partial charge in [0.25, 0.3) is 0 Å². The number of aryl methyl sites for hydroxylation is 1. The lowest BCUT2D eigenvalue weighted by molar-refractivity contribution is -0.100. The Morgan fingerprint density at radius 1 is 1.37 bits per heavy atom. The maximum absolute atomic E-state index is 5.86. The highest BCUT2D eigenvalue weighted by atomic mass is 16.5. The fourth-order valence-corrected chi connectivity index (χ4v) is 3.62. The number of nitrogens with one attached hydrogen (secondary N) is 1. The molecule has 3 unspecified atom stereocenters. The van der Waals surface area contributed by atoms with Crippen LogP contribution in [0.25, 0.3) is 0 Å². The van der Waals surface area contributed by atoms with E-state index in [1.54, 1.807) is 0 Å². The number of hydrogen-bond acceptors (Lipinski definition) is 3. The molecule has 0 heterocycles. The Bertz CT molecular complexity index is 484. The number of nitrogen functional groups attached to an aromatic ring is 1. The van der Waals surface area contributed by atoms with Gasteiger partial charge in [0.05, 0.1) is 6.10 Å². The molecule has 1 fully saturated rings. The number of fused-ring (bicyclic) bond motifs is 1. The quantitative estimate of drug-likeness (QED) is 0.821. The summed E-state index contributed by atoms with van der Waals surface area (Å²) in [5.74, 6) is 0. The van der Waals surface area contributed by atoms with E-state index in [4.69, 9.17) is 10.5 Å². The third-order valence-corrected chi connectivity index (χ3v) is 5.11. The molecule has 19 heavy (non-hydrogen) atoms. The van der Waals surface area contributed by atoms with Crippen LogP contribution >= 0.6 is 0 Å². The molecule has 0 saturated heterocycles. The molecule has 0 amide bonds. The third kappa shape index (κ3) is 2.05. The van der Waals surface area contributed by atoms with Crippen LogP contribution in [0.2, 0.25) is 0 Å². The molecule has 3 rings (SSSR count). The van der Waals surface area contributed by atoms with Crippen LogP contribution in [0.3, 0.4) is 0 Å². The fraction of sp³-hybridized carbons (Fsp3) is 0.625. The first-order valence-electron chi connectivity index (χ1n) is 7.19. The van der Waals surface area contributed by atoms with E-state index in [0.29, 0.717) is 18.2 Å². The van der Waals surface area contributed by atoms with Gasteiger partial charge in [-0.05, 0) is 42.5 Å². The first-order chi connectivity index (χ1) is 9.02. The lowest BCUT2D eigenvalue weighted by Crippen LogP contribution is -2.61. The molecule has 0 aromatic heterocycles. The Morgan fingerprint density at radius 3 is 2.84 bits per heavy atom. The van der Waals surface area contributed by atoms with E-state index in [1.165, 1.54) is 17.5 Å². The van der Waals surface area contributed by atoms with Crippen LogP contribution in [0, 0.1) is 5.41 Å². The summed E-state index contributed by atoms with van der Waals surface area (Å²) >= 11 is 0. The van der Waals surface area contributed by atoms with Crippen LogP contribution in [-0.4, -0.2) is 19.3 Å². The second-order valence-corrected chi connectivity index (χ2v) is 6.55. The number of hydrogen-bond donors (Lipinski definition) is 2. The predicted molar refractivity (Wildman–Crippen MR) is 78.0 cm³/mol. The summed E-state index contributed by atoms with van der Waals surface area (Å²) in [5, 5.41) is 3.82. The van der Waals surface area contributed by atoms with Crippen LogP contribution in [0.1, 0.15) is 43.9 Å². The minimum atomic E-state index is 0.227. The molecule has 1 aromatic rings. The van der Waals surface area contributed by atoms with Crippen LogP contribution < -0.4 is 11.1 Å². The van der Waals surface area contributed by atoms with Gasteiger partial charge < -0.3 is 15.8 Å². The van der Waals surface area contributed by atoms with Gasteiger partial charge in [-0.15, -0.1) is 0 Å². The van der Waals surface area contributed by atoms with Gasteiger partial charge in [-0.2, -0.15) is 0 Å². The standard InChI is InChI=1S/C16H24N2O/c1-16(2)14(9-15(16)19-3)18-13-7-4-10-8-11(17)5-6-12(10)13/h5-6,8,13-15,18H,4,7,9,17H2,1-3H3. The zero-order valence-corrected chi connectivity index (χ0v) is 12.1. The summed E-state index contributed by atoms with van der Waals surface area (Å²) in [5.41, 5.74) is 9.81. The number of anilines is 1. The summed E-state index contributed by atoms with van der Waals surface area (Å²) in [6.45, 7) is 4.59. The largest absolute Gasteiger partial charge is 0.399 e. The van der Waals surface area contributed by atoms with Gasteiger partial charge in [0.2, 0.25) is 0 Å². The van der Waals surface area contributed by atoms with Gasteiger partial charge in [0.15, 0.2) is 0 Å². The number of benzene rings is 1. The second-order valence-electron chi connectivity index (χ2n) is 6.55. The summed E-state index contributed by atoms with van der Waals surface area (Å²) in [6, 6.07) is 7.36. The van der Waals surface area contributed by atoms with Crippen molar-refractivity contribution < 1.29 is 4.74 Å². The Hall–Kier alpha value is -1.06. The van der Waals surface area contributed by atoms with Gasteiger partial charge in [0, 0.05) is 30.3 Å². The molecule has 2 aliphatic carbocycles. The molecule has 0 spiro atoms. The summed E-state index contributed by atoms with van der Waals surface area (Å²) in [4.78, 5) is 0. The average molecular weight is 260 g/mol. The van der Waals surface area contributed by atoms with Crippen LogP contribution in [0.4, 0.5) is 5.69 Å². The minimum absolute atomic E-state index is 0.227. The molecule has 3 atom stereocenters. The van der Waals surface area contributed by atoms with Gasteiger partial charge >= 0.3 is 0 Å². The maximum Gasteiger partial charge on any atom is 0.0652 e. The smallest absolute Gasteiger partial charge is 0.0652 e. The number of ether oxygens (including phenoxy) is 1. The van der Waals surface area contributed by atoms with E-state index < -0.39 is 0 Å². The topological polar surface area (TPSA) is 47.3 Å².